The third kappa shape index (κ3) is 10.7. The maximum absolute atomic E-state index is 9.85. The first-order valence-electron chi connectivity index (χ1n) is 1.82. The van der Waals surface area contributed by atoms with Crippen molar-refractivity contribution >= 4 is 12.8 Å². The van der Waals surface area contributed by atoms with Gasteiger partial charge in [-0.25, -0.2) is 4.79 Å². The number of hydrogen-bond acceptors (Lipinski definition) is 4. The summed E-state index contributed by atoms with van der Waals surface area (Å²) in [5.74, 6) is -0.720. The Kier molecular flexibility index (Phi) is 11.1. The Hall–Kier alpha value is -1.63. The second kappa shape index (κ2) is 9.62. The molecular weight excluding hydrogens is 122 g/mol. The van der Waals surface area contributed by atoms with E-state index in [1.165, 1.54) is 6.26 Å². The van der Waals surface area contributed by atoms with Crippen LogP contribution in [0.4, 0.5) is 0 Å². The van der Waals surface area contributed by atoms with E-state index >= 15 is 0 Å². The molecule has 0 aliphatic carbocycles. The van der Waals surface area contributed by atoms with Gasteiger partial charge in [0.05, 0.1) is 0 Å². The highest BCUT2D eigenvalue weighted by Gasteiger charge is 1.87. The van der Waals surface area contributed by atoms with Crippen LogP contribution in [0.25, 0.3) is 0 Å². The number of rotatable bonds is 1. The largest absolute Gasteiger partial charge is 0.347 e. The minimum atomic E-state index is -0.720. The average molecular weight is 127 g/mol. The van der Waals surface area contributed by atoms with Crippen molar-refractivity contribution in [3.63, 3.8) is 0 Å². The molecule has 0 fully saturated rings. The lowest BCUT2D eigenvalue weighted by molar-refractivity contribution is -0.131. The van der Waals surface area contributed by atoms with Crippen LogP contribution >= 0.6 is 0 Å². The Morgan fingerprint density at radius 3 is 2.22 bits per heavy atom. The molecule has 0 aliphatic heterocycles. The summed E-state index contributed by atoms with van der Waals surface area (Å²) < 4.78 is 3.74. The maximum atomic E-state index is 9.85. The van der Waals surface area contributed by atoms with Gasteiger partial charge in [0.2, 0.25) is 0 Å². The van der Waals surface area contributed by atoms with Gasteiger partial charge in [0.15, 0.2) is 0 Å². The molecule has 0 bridgehead atoms. The van der Waals surface area contributed by atoms with Crippen LogP contribution in [0, 0.1) is 11.5 Å². The van der Waals surface area contributed by atoms with Crippen molar-refractivity contribution in [2.24, 2.45) is 0 Å². The molecule has 0 aromatic carbocycles. The molecule has 4 heteroatoms. The van der Waals surface area contributed by atoms with E-state index in [2.05, 4.69) is 11.3 Å². The predicted molar refractivity (Wildman–Crippen MR) is 29.0 cm³/mol. The Labute approximate surface area is 52.3 Å². The van der Waals surface area contributed by atoms with Gasteiger partial charge < -0.3 is 9.53 Å². The number of hydrogen-bond donors (Lipinski definition) is 0. The Bertz CT molecular complexity index is 136. The molecule has 0 aromatic heterocycles. The molecule has 0 aliphatic rings. The number of carbonyl (C=O) groups excluding carboxylic acids is 2. The Balaban J connectivity index is 0. The molecule has 0 N–H and O–H groups in total. The monoisotopic (exact) mass is 127 g/mol. The van der Waals surface area contributed by atoms with Gasteiger partial charge in [0.1, 0.15) is 6.79 Å². The summed E-state index contributed by atoms with van der Waals surface area (Å²) in [6.07, 6.45) is 2.12. The van der Waals surface area contributed by atoms with Gasteiger partial charge in [-0.05, 0) is 0 Å². The highest BCUT2D eigenvalue weighted by Crippen LogP contribution is 1.71. The van der Waals surface area contributed by atoms with Crippen molar-refractivity contribution in [3.05, 3.63) is 12.7 Å². The SMILES string of the molecule is C=CC(=O)OC#N.C=O. The lowest BCUT2D eigenvalue weighted by atomic mass is 10.7. The van der Waals surface area contributed by atoms with Crippen LogP contribution in [-0.4, -0.2) is 12.8 Å². The molecule has 0 rings (SSSR count). The third-order valence-corrected chi connectivity index (χ3v) is 0.313. The fourth-order valence-electron chi connectivity index (χ4n) is 0.0867. The van der Waals surface area contributed by atoms with Crippen LogP contribution in [0.15, 0.2) is 12.7 Å². The second-order valence-electron chi connectivity index (χ2n) is 0.717. The van der Waals surface area contributed by atoms with Gasteiger partial charge in [-0.2, -0.15) is 0 Å². The normalized spacial score (nSPS) is 5.22. The smallest absolute Gasteiger partial charge is 0.345 e. The zero-order valence-electron chi connectivity index (χ0n) is 4.66. The summed E-state index contributed by atoms with van der Waals surface area (Å²) in [5, 5.41) is 7.63. The molecule has 0 radical (unpaired) electrons. The molecular formula is C5H5NO3. The standard InChI is InChI=1S/C4H3NO2.CH2O/c1-2-4(6)7-3-5;1-2/h2H,1H2;1H2. The summed E-state index contributed by atoms with van der Waals surface area (Å²) in [6, 6.07) is 0. The third-order valence-electron chi connectivity index (χ3n) is 0.313. The van der Waals surface area contributed by atoms with Crippen molar-refractivity contribution in [1.29, 1.82) is 5.26 Å². The zero-order valence-corrected chi connectivity index (χ0v) is 4.66. The van der Waals surface area contributed by atoms with E-state index in [9.17, 15) is 4.79 Å². The van der Waals surface area contributed by atoms with Gasteiger partial charge in [0, 0.05) is 6.08 Å². The van der Waals surface area contributed by atoms with Crippen molar-refractivity contribution in [1.82, 2.24) is 0 Å². The van der Waals surface area contributed by atoms with E-state index in [4.69, 9.17) is 10.1 Å². The van der Waals surface area contributed by atoms with E-state index < -0.39 is 5.97 Å². The highest BCUT2D eigenvalue weighted by atomic mass is 16.5. The quantitative estimate of drug-likeness (QED) is 0.282. The lowest BCUT2D eigenvalue weighted by Crippen LogP contribution is -1.91. The molecule has 48 valence electrons. The van der Waals surface area contributed by atoms with Gasteiger partial charge in [0.25, 0.3) is 6.26 Å². The minimum absolute atomic E-state index is 0.720. The summed E-state index contributed by atoms with van der Waals surface area (Å²) in [5.41, 5.74) is 0. The van der Waals surface area contributed by atoms with E-state index in [1.807, 2.05) is 6.79 Å². The van der Waals surface area contributed by atoms with Crippen LogP contribution < -0.4 is 0 Å². The first kappa shape index (κ1) is 10.4. The van der Waals surface area contributed by atoms with Crippen LogP contribution in [-0.2, 0) is 14.3 Å². The van der Waals surface area contributed by atoms with Crippen LogP contribution in [0.5, 0.6) is 0 Å². The minimum Gasteiger partial charge on any atom is -0.347 e. The molecule has 0 aromatic rings. The molecule has 9 heavy (non-hydrogen) atoms. The van der Waals surface area contributed by atoms with Crippen LogP contribution in [0.3, 0.4) is 0 Å². The summed E-state index contributed by atoms with van der Waals surface area (Å²) >= 11 is 0. The first-order valence-corrected chi connectivity index (χ1v) is 1.82. The molecule has 0 unspecified atom stereocenters. The summed E-state index contributed by atoms with van der Waals surface area (Å²) in [7, 11) is 0. The fraction of sp³-hybridized carbons (Fsp3) is 0. The maximum Gasteiger partial charge on any atom is 0.345 e. The van der Waals surface area contributed by atoms with E-state index in [-0.39, 0.29) is 0 Å². The first-order chi connectivity index (χ1) is 4.31. The second-order valence-corrected chi connectivity index (χ2v) is 0.717. The summed E-state index contributed by atoms with van der Waals surface area (Å²) in [4.78, 5) is 17.8. The average Bonchev–Trinajstić information content (AvgIpc) is 1.93. The number of ether oxygens (including phenoxy) is 1. The van der Waals surface area contributed by atoms with Gasteiger partial charge in [-0.1, -0.05) is 6.58 Å². The van der Waals surface area contributed by atoms with Crippen molar-refractivity contribution in [2.45, 2.75) is 0 Å². The number of carbonyl (C=O) groups is 2. The molecule has 4 nitrogen and oxygen atoms in total. The molecule has 0 saturated carbocycles. The highest BCUT2D eigenvalue weighted by molar-refractivity contribution is 5.81. The lowest BCUT2D eigenvalue weighted by Gasteiger charge is -1.77. The molecule has 0 heterocycles. The van der Waals surface area contributed by atoms with Crippen LogP contribution in [0.2, 0.25) is 0 Å². The molecule has 0 saturated heterocycles. The molecule has 0 amide bonds. The predicted octanol–water partition coefficient (Wildman–Crippen LogP) is 0.0118. The summed E-state index contributed by atoms with van der Waals surface area (Å²) in [6.45, 7) is 5.05. The molecule has 0 atom stereocenters. The van der Waals surface area contributed by atoms with Crippen molar-refractivity contribution < 1.29 is 14.3 Å². The van der Waals surface area contributed by atoms with Gasteiger partial charge in [-0.3, -0.25) is 0 Å². The fourth-order valence-corrected chi connectivity index (χ4v) is 0.0867. The van der Waals surface area contributed by atoms with E-state index in [1.54, 1.807) is 0 Å². The topological polar surface area (TPSA) is 67.2 Å². The van der Waals surface area contributed by atoms with E-state index in [0.29, 0.717) is 0 Å². The Morgan fingerprint density at radius 1 is 1.67 bits per heavy atom. The van der Waals surface area contributed by atoms with Crippen molar-refractivity contribution in [2.75, 3.05) is 0 Å². The van der Waals surface area contributed by atoms with Crippen molar-refractivity contribution in [3.8, 4) is 6.26 Å². The zero-order chi connectivity index (χ0) is 7.70. The number of nitriles is 1. The number of nitrogens with zero attached hydrogens (tertiary/aromatic N) is 1. The van der Waals surface area contributed by atoms with Gasteiger partial charge >= 0.3 is 5.97 Å². The molecule has 0 spiro atoms. The van der Waals surface area contributed by atoms with Crippen LogP contribution in [0.1, 0.15) is 0 Å². The van der Waals surface area contributed by atoms with E-state index in [0.717, 1.165) is 6.08 Å². The van der Waals surface area contributed by atoms with Gasteiger partial charge in [-0.15, -0.1) is 5.26 Å². The Morgan fingerprint density at radius 2 is 2.11 bits per heavy atom. The number of esters is 1.